The zero-order chi connectivity index (χ0) is 26.8. The van der Waals surface area contributed by atoms with Gasteiger partial charge in [0, 0.05) is 5.69 Å². The van der Waals surface area contributed by atoms with Gasteiger partial charge in [0.05, 0.1) is 43.3 Å². The van der Waals surface area contributed by atoms with E-state index in [9.17, 15) is 0 Å². The summed E-state index contributed by atoms with van der Waals surface area (Å²) in [5.74, 6) is 1.27. The fourth-order valence-electron chi connectivity index (χ4n) is 4.93. The van der Waals surface area contributed by atoms with Crippen LogP contribution in [-0.4, -0.2) is 24.4 Å². The minimum Gasteiger partial charge on any atom is -0.497 e. The van der Waals surface area contributed by atoms with E-state index in [1.54, 1.807) is 7.11 Å². The van der Waals surface area contributed by atoms with Crippen molar-refractivity contribution in [2.24, 2.45) is 5.92 Å². The normalized spacial score (nSPS) is 12.8. The SMILES string of the molecule is CC[C@H](C)[C@@H](C[P+](Cc1ccccc1)(c1ccccc1)c1ccccc1)NC(=S)Nc1ccc(OC)cc1. The van der Waals surface area contributed by atoms with Gasteiger partial charge in [-0.05, 0) is 72.2 Å². The van der Waals surface area contributed by atoms with Crippen molar-refractivity contribution < 1.29 is 4.74 Å². The Morgan fingerprint density at radius 1 is 0.789 bits per heavy atom. The van der Waals surface area contributed by atoms with Crippen molar-refractivity contribution in [3.05, 3.63) is 121 Å². The summed E-state index contributed by atoms with van der Waals surface area (Å²) >= 11 is 5.85. The smallest absolute Gasteiger partial charge is 0.171 e. The van der Waals surface area contributed by atoms with Crippen molar-refractivity contribution in [3.63, 3.8) is 0 Å². The third kappa shape index (κ3) is 7.01. The van der Waals surface area contributed by atoms with E-state index in [-0.39, 0.29) is 6.04 Å². The van der Waals surface area contributed by atoms with E-state index in [1.807, 2.05) is 24.3 Å². The average Bonchev–Trinajstić information content (AvgIpc) is 2.97. The van der Waals surface area contributed by atoms with Gasteiger partial charge in [0.15, 0.2) is 5.11 Å². The minimum atomic E-state index is -1.86. The van der Waals surface area contributed by atoms with Crippen LogP contribution >= 0.6 is 19.5 Å². The predicted octanol–water partition coefficient (Wildman–Crippen LogP) is 7.27. The lowest BCUT2D eigenvalue weighted by atomic mass is 10.0. The molecular formula is C33H38N2OPS+. The Balaban J connectivity index is 1.71. The van der Waals surface area contributed by atoms with Crippen LogP contribution in [0.3, 0.4) is 0 Å². The van der Waals surface area contributed by atoms with Crippen LogP contribution in [-0.2, 0) is 6.16 Å². The minimum absolute atomic E-state index is 0.204. The van der Waals surface area contributed by atoms with Gasteiger partial charge in [0.25, 0.3) is 0 Å². The van der Waals surface area contributed by atoms with E-state index in [4.69, 9.17) is 17.0 Å². The van der Waals surface area contributed by atoms with Crippen molar-refractivity contribution in [2.75, 3.05) is 18.6 Å². The molecule has 0 radical (unpaired) electrons. The molecular weight excluding hydrogens is 503 g/mol. The summed E-state index contributed by atoms with van der Waals surface area (Å²) in [6.45, 7) is 4.60. The van der Waals surface area contributed by atoms with Gasteiger partial charge in [0.2, 0.25) is 0 Å². The summed E-state index contributed by atoms with van der Waals surface area (Å²) < 4.78 is 5.30. The van der Waals surface area contributed by atoms with Gasteiger partial charge in [0.1, 0.15) is 5.75 Å². The van der Waals surface area contributed by atoms with Gasteiger partial charge in [-0.3, -0.25) is 0 Å². The quantitative estimate of drug-likeness (QED) is 0.155. The second-order valence-electron chi connectivity index (χ2n) is 9.78. The first-order valence-electron chi connectivity index (χ1n) is 13.3. The maximum atomic E-state index is 5.85. The van der Waals surface area contributed by atoms with Crippen LogP contribution in [0, 0.1) is 5.92 Å². The lowest BCUT2D eigenvalue weighted by Crippen LogP contribution is -2.46. The fraction of sp³-hybridized carbons (Fsp3) is 0.242. The molecule has 0 aliphatic rings. The third-order valence-corrected chi connectivity index (χ3v) is 12.0. The molecule has 196 valence electrons. The largest absolute Gasteiger partial charge is 0.497 e. The van der Waals surface area contributed by atoms with Crippen LogP contribution in [0.4, 0.5) is 5.69 Å². The van der Waals surface area contributed by atoms with Gasteiger partial charge < -0.3 is 15.4 Å². The second-order valence-corrected chi connectivity index (χ2v) is 13.8. The summed E-state index contributed by atoms with van der Waals surface area (Å²) in [5.41, 5.74) is 2.32. The standard InChI is InChI=1S/C33H37N2OPS/c1-4-26(2)32(35-33(38)34-28-20-22-29(36-3)23-21-28)25-37(30-16-10-6-11-17-30,31-18-12-7-13-19-31)24-27-14-8-5-9-15-27/h5-23,26,32H,4,24-25H2,1-3H3,(H-,34,35,38)/p+1/t26-,32+/m0/s1. The molecule has 0 saturated carbocycles. The van der Waals surface area contributed by atoms with Crippen LogP contribution < -0.4 is 26.0 Å². The maximum Gasteiger partial charge on any atom is 0.171 e. The topological polar surface area (TPSA) is 33.3 Å². The van der Waals surface area contributed by atoms with E-state index in [2.05, 4.69) is 115 Å². The monoisotopic (exact) mass is 541 g/mol. The van der Waals surface area contributed by atoms with Crippen molar-refractivity contribution in [2.45, 2.75) is 32.5 Å². The molecule has 4 aromatic rings. The highest BCUT2D eigenvalue weighted by Gasteiger charge is 2.45. The van der Waals surface area contributed by atoms with Gasteiger partial charge >= 0.3 is 0 Å². The number of hydrogen-bond donors (Lipinski definition) is 2. The molecule has 4 rings (SSSR count). The number of ether oxygens (including phenoxy) is 1. The molecule has 0 aromatic heterocycles. The first-order valence-corrected chi connectivity index (χ1v) is 15.8. The average molecular weight is 542 g/mol. The summed E-state index contributed by atoms with van der Waals surface area (Å²) in [6, 6.07) is 41.3. The van der Waals surface area contributed by atoms with Gasteiger partial charge in [-0.1, -0.05) is 87.0 Å². The van der Waals surface area contributed by atoms with Crippen LogP contribution in [0.1, 0.15) is 25.8 Å². The first-order chi connectivity index (χ1) is 18.5. The molecule has 2 atom stereocenters. The van der Waals surface area contributed by atoms with E-state index < -0.39 is 7.26 Å². The molecule has 0 bridgehead atoms. The highest BCUT2D eigenvalue weighted by atomic mass is 32.1. The van der Waals surface area contributed by atoms with Crippen LogP contribution in [0.15, 0.2) is 115 Å². The number of benzene rings is 4. The fourth-order valence-corrected chi connectivity index (χ4v) is 9.85. The van der Waals surface area contributed by atoms with E-state index in [0.717, 1.165) is 30.2 Å². The van der Waals surface area contributed by atoms with Gasteiger partial charge in [-0.25, -0.2) is 0 Å². The Hall–Kier alpha value is -3.20. The third-order valence-electron chi connectivity index (χ3n) is 7.30. The second kappa shape index (κ2) is 13.6. The Kier molecular flexibility index (Phi) is 9.92. The van der Waals surface area contributed by atoms with E-state index in [1.165, 1.54) is 16.2 Å². The molecule has 4 aromatic carbocycles. The zero-order valence-electron chi connectivity index (χ0n) is 22.5. The molecule has 0 saturated heterocycles. The molecule has 0 fully saturated rings. The lowest BCUT2D eigenvalue weighted by Gasteiger charge is -2.34. The molecule has 3 nitrogen and oxygen atoms in total. The number of thiocarbonyl (C=S) groups is 1. The highest BCUT2D eigenvalue weighted by molar-refractivity contribution is 7.88. The number of nitrogens with one attached hydrogen (secondary N) is 2. The maximum absolute atomic E-state index is 5.85. The summed E-state index contributed by atoms with van der Waals surface area (Å²) in [6.07, 6.45) is 3.09. The zero-order valence-corrected chi connectivity index (χ0v) is 24.2. The van der Waals surface area contributed by atoms with Crippen molar-refractivity contribution in [1.29, 1.82) is 0 Å². The van der Waals surface area contributed by atoms with Crippen LogP contribution in [0.2, 0.25) is 0 Å². The van der Waals surface area contributed by atoms with Gasteiger partial charge in [-0.15, -0.1) is 0 Å². The molecule has 2 N–H and O–H groups in total. The Morgan fingerprint density at radius 2 is 1.32 bits per heavy atom. The Labute approximate surface area is 234 Å². The van der Waals surface area contributed by atoms with Crippen molar-refractivity contribution >= 4 is 40.9 Å². The van der Waals surface area contributed by atoms with E-state index >= 15 is 0 Å². The molecule has 0 heterocycles. The first kappa shape index (κ1) is 27.8. The molecule has 0 aliphatic heterocycles. The summed E-state index contributed by atoms with van der Waals surface area (Å²) in [5, 5.41) is 10.6. The van der Waals surface area contributed by atoms with Crippen LogP contribution in [0.25, 0.3) is 0 Å². The Morgan fingerprint density at radius 3 is 1.82 bits per heavy atom. The number of hydrogen-bond acceptors (Lipinski definition) is 2. The molecule has 5 heteroatoms. The van der Waals surface area contributed by atoms with E-state index in [0.29, 0.717) is 11.0 Å². The number of methoxy groups -OCH3 is 1. The molecule has 0 unspecified atom stereocenters. The number of rotatable bonds is 11. The summed E-state index contributed by atoms with van der Waals surface area (Å²) in [4.78, 5) is 0. The van der Waals surface area contributed by atoms with Crippen molar-refractivity contribution in [3.8, 4) is 5.75 Å². The van der Waals surface area contributed by atoms with Crippen LogP contribution in [0.5, 0.6) is 5.75 Å². The van der Waals surface area contributed by atoms with Crippen molar-refractivity contribution in [1.82, 2.24) is 5.32 Å². The lowest BCUT2D eigenvalue weighted by molar-refractivity contribution is 0.415. The molecule has 0 amide bonds. The molecule has 0 aliphatic carbocycles. The number of anilines is 1. The molecule has 38 heavy (non-hydrogen) atoms. The van der Waals surface area contributed by atoms with Gasteiger partial charge in [-0.2, -0.15) is 0 Å². The summed E-state index contributed by atoms with van der Waals surface area (Å²) in [7, 11) is -0.186. The highest BCUT2D eigenvalue weighted by Crippen LogP contribution is 2.60. The Bertz CT molecular complexity index is 1230. The molecule has 0 spiro atoms. The predicted molar refractivity (Wildman–Crippen MR) is 170 cm³/mol.